The molecule has 96 valence electrons. The largest absolute Gasteiger partial charge is 0.380 e. The lowest BCUT2D eigenvalue weighted by atomic mass is 10.2. The van der Waals surface area contributed by atoms with Gasteiger partial charge in [-0.05, 0) is 18.1 Å². The van der Waals surface area contributed by atoms with E-state index in [0.717, 1.165) is 25.3 Å². The summed E-state index contributed by atoms with van der Waals surface area (Å²) in [5, 5.41) is 0. The third-order valence-electron chi connectivity index (χ3n) is 3.58. The highest BCUT2D eigenvalue weighted by Gasteiger charge is 2.34. The molecule has 1 fully saturated rings. The van der Waals surface area contributed by atoms with Gasteiger partial charge in [0, 0.05) is 45.0 Å². The zero-order valence-corrected chi connectivity index (χ0v) is 10.5. The quantitative estimate of drug-likeness (QED) is 0.863. The molecule has 0 amide bonds. The van der Waals surface area contributed by atoms with Crippen LogP contribution in [0, 0.1) is 0 Å². The maximum Gasteiger partial charge on any atom is 0.123 e. The fourth-order valence-electron chi connectivity index (χ4n) is 2.64. The summed E-state index contributed by atoms with van der Waals surface area (Å²) in [6.07, 6.45) is 8.97. The van der Waals surface area contributed by atoms with E-state index < -0.39 is 0 Å². The number of rotatable bonds is 4. The summed E-state index contributed by atoms with van der Waals surface area (Å²) < 4.78 is 5.50. The first-order chi connectivity index (χ1) is 8.86. The predicted molar refractivity (Wildman–Crippen MR) is 67.9 cm³/mol. The number of hydrogen-bond donors (Lipinski definition) is 2. The Morgan fingerprint density at radius 1 is 1.50 bits per heavy atom. The van der Waals surface area contributed by atoms with Crippen LogP contribution in [0.1, 0.15) is 23.9 Å². The molecule has 2 aromatic rings. The van der Waals surface area contributed by atoms with Crippen molar-refractivity contribution in [2.75, 3.05) is 13.7 Å². The molecule has 0 saturated carbocycles. The van der Waals surface area contributed by atoms with Crippen molar-refractivity contribution in [3.63, 3.8) is 0 Å². The molecule has 1 unspecified atom stereocenters. The Morgan fingerprint density at radius 2 is 2.44 bits per heavy atom. The molecule has 0 aliphatic carbocycles. The van der Waals surface area contributed by atoms with Gasteiger partial charge in [-0.1, -0.05) is 0 Å². The van der Waals surface area contributed by atoms with E-state index in [1.54, 1.807) is 7.11 Å². The normalized spacial score (nSPS) is 24.7. The molecule has 2 atom stereocenters. The van der Waals surface area contributed by atoms with Crippen LogP contribution in [0.5, 0.6) is 0 Å². The molecule has 3 heterocycles. The van der Waals surface area contributed by atoms with Gasteiger partial charge in [-0.25, -0.2) is 4.98 Å². The number of methoxy groups -OCH3 is 1. The average molecular weight is 246 g/mol. The maximum atomic E-state index is 5.50. The molecule has 2 aromatic heterocycles. The average Bonchev–Trinajstić information content (AvgIpc) is 3.10. The van der Waals surface area contributed by atoms with E-state index >= 15 is 0 Å². The van der Waals surface area contributed by atoms with E-state index in [1.807, 2.05) is 24.8 Å². The molecule has 0 bridgehead atoms. The number of H-pyrrole nitrogens is 2. The minimum Gasteiger partial charge on any atom is -0.380 e. The van der Waals surface area contributed by atoms with E-state index in [4.69, 9.17) is 4.74 Å². The first-order valence-electron chi connectivity index (χ1n) is 6.24. The second kappa shape index (κ2) is 4.96. The Kier molecular flexibility index (Phi) is 3.17. The van der Waals surface area contributed by atoms with E-state index in [1.165, 1.54) is 5.56 Å². The Hall–Kier alpha value is -1.59. The molecule has 18 heavy (non-hydrogen) atoms. The summed E-state index contributed by atoms with van der Waals surface area (Å²) in [6.45, 7) is 1.88. The topological polar surface area (TPSA) is 56.9 Å². The van der Waals surface area contributed by atoms with Crippen LogP contribution in [0.25, 0.3) is 0 Å². The number of imidazole rings is 1. The van der Waals surface area contributed by atoms with Gasteiger partial charge in [0.2, 0.25) is 0 Å². The molecular formula is C13H18N4O. The number of aromatic nitrogens is 3. The van der Waals surface area contributed by atoms with Crippen molar-refractivity contribution in [1.82, 2.24) is 19.9 Å². The molecule has 3 rings (SSSR count). The second-order valence-corrected chi connectivity index (χ2v) is 4.73. The first-order valence-corrected chi connectivity index (χ1v) is 6.24. The predicted octanol–water partition coefficient (Wildman–Crippen LogP) is 1.70. The summed E-state index contributed by atoms with van der Waals surface area (Å²) in [5.41, 5.74) is 1.29. The minimum absolute atomic E-state index is 0.291. The number of ether oxygens (including phenoxy) is 1. The monoisotopic (exact) mass is 246 g/mol. The van der Waals surface area contributed by atoms with E-state index in [2.05, 4.69) is 25.9 Å². The number of likely N-dealkylation sites (tertiary alicyclic amines) is 1. The van der Waals surface area contributed by atoms with Gasteiger partial charge in [0.25, 0.3) is 0 Å². The van der Waals surface area contributed by atoms with E-state index in [9.17, 15) is 0 Å². The van der Waals surface area contributed by atoms with Gasteiger partial charge in [-0.2, -0.15) is 0 Å². The summed E-state index contributed by atoms with van der Waals surface area (Å²) in [5.74, 6) is 1.03. The molecule has 0 aromatic carbocycles. The molecular weight excluding hydrogens is 228 g/mol. The fourth-order valence-corrected chi connectivity index (χ4v) is 2.64. The lowest BCUT2D eigenvalue weighted by Gasteiger charge is -2.21. The lowest BCUT2D eigenvalue weighted by Crippen LogP contribution is -2.25. The molecule has 2 N–H and O–H groups in total. The summed E-state index contributed by atoms with van der Waals surface area (Å²) >= 11 is 0. The number of aromatic amines is 2. The summed E-state index contributed by atoms with van der Waals surface area (Å²) in [6, 6.07) is 2.43. The van der Waals surface area contributed by atoms with Gasteiger partial charge < -0.3 is 14.7 Å². The van der Waals surface area contributed by atoms with Gasteiger partial charge in [0.05, 0.1) is 12.1 Å². The number of nitrogens with one attached hydrogen (secondary N) is 2. The fraction of sp³-hybridized carbons (Fsp3) is 0.462. The van der Waals surface area contributed by atoms with E-state index in [0.29, 0.717) is 12.1 Å². The van der Waals surface area contributed by atoms with Crippen molar-refractivity contribution in [1.29, 1.82) is 0 Å². The van der Waals surface area contributed by atoms with Crippen molar-refractivity contribution >= 4 is 0 Å². The summed E-state index contributed by atoms with van der Waals surface area (Å²) in [4.78, 5) is 13.1. The maximum absolute atomic E-state index is 5.50. The van der Waals surface area contributed by atoms with Crippen LogP contribution in [0.4, 0.5) is 0 Å². The lowest BCUT2D eigenvalue weighted by molar-refractivity contribution is 0.107. The highest BCUT2D eigenvalue weighted by molar-refractivity contribution is 5.10. The van der Waals surface area contributed by atoms with Crippen molar-refractivity contribution in [3.05, 3.63) is 42.2 Å². The zero-order chi connectivity index (χ0) is 12.4. The molecule has 1 saturated heterocycles. The van der Waals surface area contributed by atoms with Crippen molar-refractivity contribution in [2.45, 2.75) is 25.1 Å². The molecule has 1 aliphatic heterocycles. The van der Waals surface area contributed by atoms with Crippen LogP contribution in [0.2, 0.25) is 0 Å². The second-order valence-electron chi connectivity index (χ2n) is 4.73. The van der Waals surface area contributed by atoms with Gasteiger partial charge in [-0.3, -0.25) is 4.90 Å². The highest BCUT2D eigenvalue weighted by atomic mass is 16.5. The van der Waals surface area contributed by atoms with Gasteiger partial charge in [0.1, 0.15) is 5.82 Å². The Labute approximate surface area is 106 Å². The number of nitrogens with zero attached hydrogens (tertiary/aromatic N) is 2. The smallest absolute Gasteiger partial charge is 0.123 e. The standard InChI is InChI=1S/C13H18N4O/c1-18-11-6-12(13-15-4-5-16-13)17(9-11)8-10-2-3-14-7-10/h2-5,7,11-12,14H,6,8-9H2,1H3,(H,15,16)/t11-,12?/m1/s1. The van der Waals surface area contributed by atoms with Crippen molar-refractivity contribution in [2.24, 2.45) is 0 Å². The Bertz CT molecular complexity index is 465. The van der Waals surface area contributed by atoms with Crippen LogP contribution in [-0.4, -0.2) is 39.6 Å². The van der Waals surface area contributed by atoms with Gasteiger partial charge in [0.15, 0.2) is 0 Å². The van der Waals surface area contributed by atoms with Crippen molar-refractivity contribution in [3.8, 4) is 0 Å². The van der Waals surface area contributed by atoms with Crippen LogP contribution in [-0.2, 0) is 11.3 Å². The minimum atomic E-state index is 0.291. The summed E-state index contributed by atoms with van der Waals surface area (Å²) in [7, 11) is 1.78. The molecule has 5 nitrogen and oxygen atoms in total. The van der Waals surface area contributed by atoms with Gasteiger partial charge in [-0.15, -0.1) is 0 Å². The van der Waals surface area contributed by atoms with E-state index in [-0.39, 0.29) is 0 Å². The third kappa shape index (κ3) is 2.19. The molecule has 1 aliphatic rings. The van der Waals surface area contributed by atoms with Crippen LogP contribution in [0.15, 0.2) is 30.9 Å². The van der Waals surface area contributed by atoms with Crippen LogP contribution in [0.3, 0.4) is 0 Å². The van der Waals surface area contributed by atoms with Crippen molar-refractivity contribution < 1.29 is 4.74 Å². The molecule has 0 radical (unpaired) electrons. The number of hydrogen-bond acceptors (Lipinski definition) is 3. The third-order valence-corrected chi connectivity index (χ3v) is 3.58. The van der Waals surface area contributed by atoms with Crippen LogP contribution < -0.4 is 0 Å². The zero-order valence-electron chi connectivity index (χ0n) is 10.5. The van der Waals surface area contributed by atoms with Gasteiger partial charge >= 0.3 is 0 Å². The molecule has 5 heteroatoms. The van der Waals surface area contributed by atoms with Crippen LogP contribution >= 0.6 is 0 Å². The highest BCUT2D eigenvalue weighted by Crippen LogP contribution is 2.32. The SMILES string of the molecule is CO[C@@H]1CC(c2ncc[nH]2)N(Cc2cc[nH]c2)C1. The Balaban J connectivity index is 1.77. The molecule has 0 spiro atoms. The Morgan fingerprint density at radius 3 is 3.11 bits per heavy atom. The first kappa shape index (κ1) is 11.5.